The lowest BCUT2D eigenvalue weighted by molar-refractivity contribution is 0.585. The minimum Gasteiger partial charge on any atom is -0.306 e. The molecule has 0 bridgehead atoms. The topological polar surface area (TPSA) is 50.7 Å². The van der Waals surface area contributed by atoms with E-state index < -0.39 is 0 Å². The molecule has 0 saturated heterocycles. The first kappa shape index (κ1) is 13.1. The Morgan fingerprint density at radius 1 is 1.22 bits per heavy atom. The van der Waals surface area contributed by atoms with Gasteiger partial charge in [0.05, 0.1) is 10.7 Å². The molecule has 4 nitrogen and oxygen atoms in total. The lowest BCUT2D eigenvalue weighted by atomic mass is 9.98. The van der Waals surface area contributed by atoms with Gasteiger partial charge in [0.1, 0.15) is 6.33 Å². The molecule has 0 atom stereocenters. The summed E-state index contributed by atoms with van der Waals surface area (Å²) in [6.45, 7) is 8.14. The van der Waals surface area contributed by atoms with E-state index in [0.717, 1.165) is 18.8 Å². The van der Waals surface area contributed by atoms with Gasteiger partial charge in [0.25, 0.3) is 0 Å². The highest BCUT2D eigenvalue weighted by Crippen LogP contribution is 2.26. The number of thiazole rings is 1. The Morgan fingerprint density at radius 3 is 2.67 bits per heavy atom. The van der Waals surface area contributed by atoms with Gasteiger partial charge in [-0.1, -0.05) is 20.8 Å². The number of nitrogens with zero attached hydrogens (tertiary/aromatic N) is 3. The molecule has 0 spiro atoms. The van der Waals surface area contributed by atoms with E-state index in [-0.39, 0.29) is 5.41 Å². The fourth-order valence-corrected chi connectivity index (χ4v) is 2.41. The summed E-state index contributed by atoms with van der Waals surface area (Å²) < 4.78 is 0. The van der Waals surface area contributed by atoms with Crippen LogP contribution in [0.1, 0.15) is 36.3 Å². The van der Waals surface area contributed by atoms with Gasteiger partial charge in [-0.05, 0) is 6.07 Å². The van der Waals surface area contributed by atoms with Gasteiger partial charge in [-0.25, -0.2) is 15.0 Å². The normalized spacial score (nSPS) is 11.7. The summed E-state index contributed by atoms with van der Waals surface area (Å²) in [4.78, 5) is 13.8. The van der Waals surface area contributed by atoms with E-state index in [2.05, 4.69) is 41.0 Å². The highest BCUT2D eigenvalue weighted by Gasteiger charge is 2.17. The maximum Gasteiger partial charge on any atom is 0.115 e. The molecular weight excluding hydrogens is 244 g/mol. The monoisotopic (exact) mass is 262 g/mol. The Labute approximate surface area is 112 Å². The minimum atomic E-state index is 0.134. The third kappa shape index (κ3) is 3.58. The van der Waals surface area contributed by atoms with E-state index >= 15 is 0 Å². The van der Waals surface area contributed by atoms with Crippen LogP contribution in [0.15, 0.2) is 24.8 Å². The molecule has 5 heteroatoms. The summed E-state index contributed by atoms with van der Waals surface area (Å²) in [6, 6.07) is 1.92. The van der Waals surface area contributed by atoms with Crippen LogP contribution in [0, 0.1) is 0 Å². The maximum atomic E-state index is 4.47. The molecule has 0 aliphatic rings. The van der Waals surface area contributed by atoms with Crippen LogP contribution in [0.2, 0.25) is 0 Å². The summed E-state index contributed by atoms with van der Waals surface area (Å²) in [7, 11) is 0. The lowest BCUT2D eigenvalue weighted by Gasteiger charge is -2.13. The van der Waals surface area contributed by atoms with Crippen molar-refractivity contribution >= 4 is 11.3 Å². The first-order valence-electron chi connectivity index (χ1n) is 5.96. The number of nitrogens with one attached hydrogen (secondary N) is 1. The molecule has 0 aromatic carbocycles. The molecule has 0 unspecified atom stereocenters. The van der Waals surface area contributed by atoms with Crippen molar-refractivity contribution in [3.8, 4) is 0 Å². The number of aromatic nitrogens is 3. The molecule has 2 rings (SSSR count). The predicted molar refractivity (Wildman–Crippen MR) is 73.4 cm³/mol. The van der Waals surface area contributed by atoms with Gasteiger partial charge < -0.3 is 5.32 Å². The first-order valence-corrected chi connectivity index (χ1v) is 6.78. The highest BCUT2D eigenvalue weighted by molar-refractivity contribution is 7.11. The second-order valence-electron chi connectivity index (χ2n) is 5.19. The van der Waals surface area contributed by atoms with E-state index in [1.54, 1.807) is 23.9 Å². The van der Waals surface area contributed by atoms with Crippen LogP contribution in [0.5, 0.6) is 0 Å². The molecule has 18 heavy (non-hydrogen) atoms. The van der Waals surface area contributed by atoms with Crippen molar-refractivity contribution in [2.45, 2.75) is 39.3 Å². The third-order valence-electron chi connectivity index (χ3n) is 2.44. The molecular formula is C13H18N4S. The molecule has 0 aliphatic carbocycles. The number of hydrogen-bond acceptors (Lipinski definition) is 5. The average Bonchev–Trinajstić information content (AvgIpc) is 2.79. The van der Waals surface area contributed by atoms with E-state index in [0.29, 0.717) is 0 Å². The van der Waals surface area contributed by atoms with Gasteiger partial charge in [-0.15, -0.1) is 11.3 Å². The predicted octanol–water partition coefficient (Wildman–Crippen LogP) is 2.52. The largest absolute Gasteiger partial charge is 0.306 e. The summed E-state index contributed by atoms with van der Waals surface area (Å²) >= 11 is 1.77. The van der Waals surface area contributed by atoms with E-state index in [9.17, 15) is 0 Å². The zero-order valence-corrected chi connectivity index (χ0v) is 11.8. The molecule has 96 valence electrons. The van der Waals surface area contributed by atoms with Crippen LogP contribution in [0.3, 0.4) is 0 Å². The SMILES string of the molecule is CC(C)(C)c1ncc(CNCc2ccncn2)s1. The Balaban J connectivity index is 1.86. The Kier molecular flexibility index (Phi) is 4.04. The minimum absolute atomic E-state index is 0.134. The zero-order chi connectivity index (χ0) is 13.0. The molecule has 0 saturated carbocycles. The summed E-state index contributed by atoms with van der Waals surface area (Å²) in [5.41, 5.74) is 1.14. The quantitative estimate of drug-likeness (QED) is 0.920. The maximum absolute atomic E-state index is 4.47. The van der Waals surface area contributed by atoms with Crippen LogP contribution in [-0.4, -0.2) is 15.0 Å². The summed E-state index contributed by atoms with van der Waals surface area (Å²) in [5, 5.41) is 4.54. The summed E-state index contributed by atoms with van der Waals surface area (Å²) in [6.07, 6.45) is 5.29. The van der Waals surface area contributed by atoms with Gasteiger partial charge in [0.2, 0.25) is 0 Å². The van der Waals surface area contributed by atoms with Crippen LogP contribution >= 0.6 is 11.3 Å². The van der Waals surface area contributed by atoms with Crippen LogP contribution in [0.25, 0.3) is 0 Å². The van der Waals surface area contributed by atoms with Crippen molar-refractivity contribution in [1.29, 1.82) is 0 Å². The van der Waals surface area contributed by atoms with Crippen LogP contribution < -0.4 is 5.32 Å². The Hall–Kier alpha value is -1.33. The van der Waals surface area contributed by atoms with Gasteiger partial charge in [0.15, 0.2) is 0 Å². The molecule has 2 aromatic rings. The summed E-state index contributed by atoms with van der Waals surface area (Å²) in [5.74, 6) is 0. The van der Waals surface area contributed by atoms with Gasteiger partial charge in [-0.2, -0.15) is 0 Å². The van der Waals surface area contributed by atoms with E-state index in [4.69, 9.17) is 0 Å². The van der Waals surface area contributed by atoms with Crippen molar-refractivity contribution < 1.29 is 0 Å². The second kappa shape index (κ2) is 5.54. The molecule has 0 aliphatic heterocycles. The zero-order valence-electron chi connectivity index (χ0n) is 11.0. The Bertz CT molecular complexity index is 487. The smallest absolute Gasteiger partial charge is 0.115 e. The fourth-order valence-electron chi connectivity index (χ4n) is 1.47. The van der Waals surface area contributed by atoms with Crippen molar-refractivity contribution in [3.63, 3.8) is 0 Å². The molecule has 0 radical (unpaired) electrons. The van der Waals surface area contributed by atoms with Gasteiger partial charge >= 0.3 is 0 Å². The Morgan fingerprint density at radius 2 is 2.06 bits per heavy atom. The molecule has 1 N–H and O–H groups in total. The number of rotatable bonds is 4. The van der Waals surface area contributed by atoms with Crippen LogP contribution in [0.4, 0.5) is 0 Å². The average molecular weight is 262 g/mol. The van der Waals surface area contributed by atoms with E-state index in [1.807, 2.05) is 12.3 Å². The highest BCUT2D eigenvalue weighted by atomic mass is 32.1. The van der Waals surface area contributed by atoms with Crippen molar-refractivity contribution in [1.82, 2.24) is 20.3 Å². The third-order valence-corrected chi connectivity index (χ3v) is 3.87. The van der Waals surface area contributed by atoms with Crippen molar-refractivity contribution in [3.05, 3.63) is 40.4 Å². The number of hydrogen-bond donors (Lipinski definition) is 1. The van der Waals surface area contributed by atoms with Crippen molar-refractivity contribution in [2.24, 2.45) is 0 Å². The van der Waals surface area contributed by atoms with Crippen LogP contribution in [-0.2, 0) is 18.5 Å². The van der Waals surface area contributed by atoms with Crippen molar-refractivity contribution in [2.75, 3.05) is 0 Å². The van der Waals surface area contributed by atoms with E-state index in [1.165, 1.54) is 9.88 Å². The lowest BCUT2D eigenvalue weighted by Crippen LogP contribution is -2.12. The first-order chi connectivity index (χ1) is 8.55. The molecule has 0 fully saturated rings. The van der Waals surface area contributed by atoms with Gasteiger partial charge in [-0.3, -0.25) is 0 Å². The molecule has 0 amide bonds. The van der Waals surface area contributed by atoms with Gasteiger partial charge in [0, 0.05) is 35.8 Å². The second-order valence-corrected chi connectivity index (χ2v) is 6.30. The standard InChI is InChI=1S/C13H18N4S/c1-13(2,3)12-16-8-11(18-12)7-15-6-10-4-5-14-9-17-10/h4-5,8-9,15H,6-7H2,1-3H3. The molecule has 2 aromatic heterocycles. The molecule has 2 heterocycles. The fraction of sp³-hybridized carbons (Fsp3) is 0.462.